The highest BCUT2D eigenvalue weighted by Gasteiger charge is 2.58. The van der Waals surface area contributed by atoms with Gasteiger partial charge in [0.25, 0.3) is 0 Å². The molecule has 29 heavy (non-hydrogen) atoms. The summed E-state index contributed by atoms with van der Waals surface area (Å²) < 4.78 is 32.0. The number of hydrogen-bond acceptors (Lipinski definition) is 9. The number of imidazole rings is 1. The lowest BCUT2D eigenvalue weighted by Crippen LogP contribution is -2.55. The van der Waals surface area contributed by atoms with Gasteiger partial charge in [0.05, 0.1) is 12.9 Å². The van der Waals surface area contributed by atoms with Crippen molar-refractivity contribution in [2.75, 3.05) is 6.61 Å². The molecule has 0 bridgehead atoms. The summed E-state index contributed by atoms with van der Waals surface area (Å²) in [5, 5.41) is 11.5. The van der Waals surface area contributed by atoms with Crippen molar-refractivity contribution in [1.82, 2.24) is 19.5 Å². The number of fused-ring (bicyclic) bond motifs is 4. The van der Waals surface area contributed by atoms with E-state index >= 15 is 0 Å². The van der Waals surface area contributed by atoms with Crippen LogP contribution in [0.5, 0.6) is 0 Å². The maximum absolute atomic E-state index is 11.3. The van der Waals surface area contributed by atoms with Gasteiger partial charge in [-0.05, 0) is 27.7 Å². The highest BCUT2D eigenvalue weighted by atomic mass is 35.5. The van der Waals surface area contributed by atoms with E-state index in [0.29, 0.717) is 11.2 Å². The standard InChI is InChI=1S/C18H23ClN4O6/c1-17(2)25-5-8-11(27-17)13-12(28-18(3,4)29-13)10(24)16(26-8)23-7-22-9-14(19)20-6-21-15(9)23/h6-8,10-13,16,24H,5H2,1-4H3/t8?,10?,11-,12?,13-,16+/m0/s1. The second-order valence-corrected chi connectivity index (χ2v) is 8.76. The summed E-state index contributed by atoms with van der Waals surface area (Å²) in [6, 6.07) is 0. The van der Waals surface area contributed by atoms with E-state index in [1.54, 1.807) is 4.57 Å². The van der Waals surface area contributed by atoms with Gasteiger partial charge >= 0.3 is 0 Å². The average Bonchev–Trinajstić information content (AvgIpc) is 3.19. The summed E-state index contributed by atoms with van der Waals surface area (Å²) in [5.41, 5.74) is 0.865. The second-order valence-electron chi connectivity index (χ2n) is 8.40. The van der Waals surface area contributed by atoms with Crippen LogP contribution in [-0.2, 0) is 23.7 Å². The largest absolute Gasteiger partial charge is 0.386 e. The van der Waals surface area contributed by atoms with Crippen LogP contribution >= 0.6 is 11.6 Å². The van der Waals surface area contributed by atoms with E-state index in [1.807, 2.05) is 27.7 Å². The monoisotopic (exact) mass is 426 g/mol. The zero-order chi connectivity index (χ0) is 20.6. The van der Waals surface area contributed by atoms with Gasteiger partial charge in [-0.15, -0.1) is 0 Å². The third kappa shape index (κ3) is 3.23. The molecule has 3 saturated heterocycles. The Hall–Kier alpha value is -1.40. The molecule has 3 fully saturated rings. The molecule has 10 nitrogen and oxygen atoms in total. The topological polar surface area (TPSA) is 110 Å². The Morgan fingerprint density at radius 2 is 1.76 bits per heavy atom. The smallest absolute Gasteiger partial charge is 0.167 e. The summed E-state index contributed by atoms with van der Waals surface area (Å²) in [5.74, 6) is -1.69. The lowest BCUT2D eigenvalue weighted by molar-refractivity contribution is -0.332. The zero-order valence-electron chi connectivity index (χ0n) is 16.5. The number of nitrogens with zero attached hydrogens (tertiary/aromatic N) is 4. The molecule has 5 rings (SSSR count). The first-order valence-corrected chi connectivity index (χ1v) is 9.87. The minimum Gasteiger partial charge on any atom is -0.386 e. The van der Waals surface area contributed by atoms with Gasteiger partial charge in [0, 0.05) is 0 Å². The molecule has 5 heterocycles. The van der Waals surface area contributed by atoms with Crippen molar-refractivity contribution >= 4 is 22.8 Å². The Labute approximate surface area is 172 Å². The van der Waals surface area contributed by atoms with Gasteiger partial charge in [0.1, 0.15) is 42.4 Å². The Balaban J connectivity index is 1.58. The summed E-state index contributed by atoms with van der Waals surface area (Å²) in [4.78, 5) is 12.5. The van der Waals surface area contributed by atoms with Crippen LogP contribution in [0.2, 0.25) is 5.15 Å². The maximum Gasteiger partial charge on any atom is 0.167 e. The maximum atomic E-state index is 11.3. The minimum absolute atomic E-state index is 0.222. The van der Waals surface area contributed by atoms with Gasteiger partial charge in [0.15, 0.2) is 28.6 Å². The highest BCUT2D eigenvalue weighted by Crippen LogP contribution is 2.43. The summed E-state index contributed by atoms with van der Waals surface area (Å²) in [7, 11) is 0. The van der Waals surface area contributed by atoms with Crippen LogP contribution in [0, 0.1) is 0 Å². The van der Waals surface area contributed by atoms with Crippen molar-refractivity contribution in [3.63, 3.8) is 0 Å². The first kappa shape index (κ1) is 19.6. The second kappa shape index (κ2) is 6.55. The Bertz CT molecular complexity index is 936. The molecule has 0 radical (unpaired) electrons. The van der Waals surface area contributed by atoms with Crippen LogP contribution in [0.4, 0.5) is 0 Å². The number of aliphatic hydroxyl groups is 1. The number of halogens is 1. The molecule has 0 aliphatic carbocycles. The van der Waals surface area contributed by atoms with Crippen LogP contribution in [0.25, 0.3) is 11.2 Å². The van der Waals surface area contributed by atoms with E-state index in [-0.39, 0.29) is 11.8 Å². The zero-order valence-corrected chi connectivity index (χ0v) is 17.2. The highest BCUT2D eigenvalue weighted by molar-refractivity contribution is 6.33. The molecule has 6 atom stereocenters. The predicted molar refractivity (Wildman–Crippen MR) is 99.0 cm³/mol. The molecule has 158 valence electrons. The normalized spacial score (nSPS) is 38.4. The van der Waals surface area contributed by atoms with Gasteiger partial charge in [-0.25, -0.2) is 15.0 Å². The fraction of sp³-hybridized carbons (Fsp3) is 0.722. The third-order valence-electron chi connectivity index (χ3n) is 5.40. The summed E-state index contributed by atoms with van der Waals surface area (Å²) in [6.07, 6.45) is -1.29. The molecular weight excluding hydrogens is 404 g/mol. The van der Waals surface area contributed by atoms with E-state index in [2.05, 4.69) is 15.0 Å². The molecule has 3 aliphatic rings. The lowest BCUT2D eigenvalue weighted by Gasteiger charge is -2.42. The molecule has 0 aromatic carbocycles. The van der Waals surface area contributed by atoms with Crippen molar-refractivity contribution in [2.45, 2.75) is 76.0 Å². The van der Waals surface area contributed by atoms with Crippen molar-refractivity contribution in [3.8, 4) is 0 Å². The quantitative estimate of drug-likeness (QED) is 0.676. The van der Waals surface area contributed by atoms with E-state index in [9.17, 15) is 5.11 Å². The average molecular weight is 427 g/mol. The van der Waals surface area contributed by atoms with Crippen molar-refractivity contribution in [1.29, 1.82) is 0 Å². The van der Waals surface area contributed by atoms with Crippen LogP contribution in [0.3, 0.4) is 0 Å². The van der Waals surface area contributed by atoms with Crippen LogP contribution < -0.4 is 0 Å². The van der Waals surface area contributed by atoms with Gasteiger partial charge in [-0.1, -0.05) is 11.6 Å². The summed E-state index contributed by atoms with van der Waals surface area (Å²) >= 11 is 6.13. The molecule has 2 aromatic rings. The Morgan fingerprint density at radius 3 is 2.55 bits per heavy atom. The minimum atomic E-state index is -1.08. The fourth-order valence-corrected chi connectivity index (χ4v) is 4.38. The van der Waals surface area contributed by atoms with Gasteiger partial charge in [0.2, 0.25) is 0 Å². The van der Waals surface area contributed by atoms with Crippen molar-refractivity contribution in [2.24, 2.45) is 0 Å². The van der Waals surface area contributed by atoms with E-state index in [1.165, 1.54) is 12.7 Å². The van der Waals surface area contributed by atoms with Gasteiger partial charge in [-0.3, -0.25) is 4.57 Å². The first-order chi connectivity index (χ1) is 13.7. The van der Waals surface area contributed by atoms with Crippen LogP contribution in [-0.4, -0.2) is 73.3 Å². The number of aromatic nitrogens is 4. The molecule has 1 N–H and O–H groups in total. The van der Waals surface area contributed by atoms with Crippen LogP contribution in [0.15, 0.2) is 12.7 Å². The molecular formula is C18H23ClN4O6. The molecule has 3 aliphatic heterocycles. The SMILES string of the molecule is CC1(C)OC2C(O)[C@H](n3cnc4c(Cl)ncnc43)OC3COC(C)(C)O[C@@H]3[C@@H]2O1. The third-order valence-corrected chi connectivity index (χ3v) is 5.68. The molecule has 0 amide bonds. The van der Waals surface area contributed by atoms with E-state index < -0.39 is 48.3 Å². The lowest BCUT2D eigenvalue weighted by atomic mass is 9.99. The van der Waals surface area contributed by atoms with Crippen molar-refractivity contribution in [3.05, 3.63) is 17.8 Å². The number of hydrogen-bond donors (Lipinski definition) is 1. The van der Waals surface area contributed by atoms with Gasteiger partial charge in [-0.2, -0.15) is 0 Å². The first-order valence-electron chi connectivity index (χ1n) is 9.49. The predicted octanol–water partition coefficient (Wildman–Crippen LogP) is 1.41. The Morgan fingerprint density at radius 1 is 1.03 bits per heavy atom. The van der Waals surface area contributed by atoms with Gasteiger partial charge < -0.3 is 28.8 Å². The van der Waals surface area contributed by atoms with E-state index in [0.717, 1.165) is 0 Å². The molecule has 11 heteroatoms. The number of ether oxygens (including phenoxy) is 5. The molecule has 3 unspecified atom stereocenters. The number of rotatable bonds is 1. The fourth-order valence-electron chi connectivity index (χ4n) is 4.21. The molecule has 0 spiro atoms. The number of aliphatic hydroxyl groups excluding tert-OH is 1. The van der Waals surface area contributed by atoms with E-state index in [4.69, 9.17) is 35.3 Å². The molecule has 2 aromatic heterocycles. The Kier molecular flexibility index (Phi) is 4.42. The van der Waals surface area contributed by atoms with Crippen LogP contribution in [0.1, 0.15) is 33.9 Å². The summed E-state index contributed by atoms with van der Waals surface area (Å²) in [6.45, 7) is 7.56. The van der Waals surface area contributed by atoms with Crippen molar-refractivity contribution < 1.29 is 28.8 Å². The molecule has 0 saturated carbocycles.